The lowest BCUT2D eigenvalue weighted by Gasteiger charge is -2.11. The maximum absolute atomic E-state index is 12.7. The molecule has 1 aromatic heterocycles. The second-order valence-corrected chi connectivity index (χ2v) is 8.10. The average Bonchev–Trinajstić information content (AvgIpc) is 2.71. The third-order valence-electron chi connectivity index (χ3n) is 4.85. The van der Waals surface area contributed by atoms with Crippen LogP contribution in [0.2, 0.25) is 0 Å². The van der Waals surface area contributed by atoms with E-state index in [2.05, 4.69) is 27.9 Å². The number of rotatable bonds is 3. The monoisotopic (exact) mass is 495 g/mol. The number of amides is 1. The van der Waals surface area contributed by atoms with E-state index in [1.165, 1.54) is 0 Å². The van der Waals surface area contributed by atoms with E-state index in [0.717, 1.165) is 25.8 Å². The van der Waals surface area contributed by atoms with Crippen LogP contribution >= 0.6 is 22.6 Å². The molecular formula is C24H18INO3. The van der Waals surface area contributed by atoms with Crippen LogP contribution < -0.4 is 10.9 Å². The molecule has 0 bridgehead atoms. The van der Waals surface area contributed by atoms with E-state index in [4.69, 9.17) is 4.42 Å². The Balaban J connectivity index is 1.61. The lowest BCUT2D eigenvalue weighted by molar-refractivity contribution is 0.102. The Morgan fingerprint density at radius 3 is 2.41 bits per heavy atom. The van der Waals surface area contributed by atoms with Gasteiger partial charge in [0, 0.05) is 20.2 Å². The van der Waals surface area contributed by atoms with Crippen molar-refractivity contribution in [3.05, 3.63) is 97.4 Å². The van der Waals surface area contributed by atoms with Gasteiger partial charge in [0.25, 0.3) is 5.91 Å². The molecule has 1 amide bonds. The summed E-state index contributed by atoms with van der Waals surface area (Å²) >= 11 is 2.28. The highest BCUT2D eigenvalue weighted by atomic mass is 127. The van der Waals surface area contributed by atoms with Gasteiger partial charge >= 0.3 is 5.63 Å². The molecule has 5 heteroatoms. The first-order valence-electron chi connectivity index (χ1n) is 9.14. The van der Waals surface area contributed by atoms with Gasteiger partial charge in [-0.25, -0.2) is 4.79 Å². The molecule has 29 heavy (non-hydrogen) atoms. The van der Waals surface area contributed by atoms with Gasteiger partial charge in [-0.1, -0.05) is 30.3 Å². The molecule has 0 unspecified atom stereocenters. The number of halogens is 1. The Morgan fingerprint density at radius 2 is 1.66 bits per heavy atom. The molecule has 0 aliphatic carbocycles. The summed E-state index contributed by atoms with van der Waals surface area (Å²) in [5.41, 5.74) is 4.79. The van der Waals surface area contributed by atoms with Crippen LogP contribution in [0.4, 0.5) is 5.69 Å². The molecule has 4 nitrogen and oxygen atoms in total. The lowest BCUT2D eigenvalue weighted by Crippen LogP contribution is -2.13. The van der Waals surface area contributed by atoms with Gasteiger partial charge in [0.15, 0.2) is 0 Å². The number of benzene rings is 3. The topological polar surface area (TPSA) is 59.3 Å². The summed E-state index contributed by atoms with van der Waals surface area (Å²) in [7, 11) is 0. The minimum absolute atomic E-state index is 0.189. The van der Waals surface area contributed by atoms with Crippen molar-refractivity contribution in [2.24, 2.45) is 0 Å². The molecule has 0 aliphatic heterocycles. The first-order chi connectivity index (χ1) is 13.9. The van der Waals surface area contributed by atoms with Crippen LogP contribution in [-0.4, -0.2) is 5.91 Å². The molecule has 4 rings (SSSR count). The predicted molar refractivity (Wildman–Crippen MR) is 125 cm³/mol. The highest BCUT2D eigenvalue weighted by Crippen LogP contribution is 2.24. The summed E-state index contributed by atoms with van der Waals surface area (Å²) < 4.78 is 6.57. The SMILES string of the molecule is Cc1cc(NC(=O)c2ccc(-c3cc4ccccc4oc3=O)cc2)c(C)cc1I. The number of aryl methyl sites for hydroxylation is 2. The maximum Gasteiger partial charge on any atom is 0.344 e. The fraction of sp³-hybridized carbons (Fsp3) is 0.0833. The molecule has 3 aromatic carbocycles. The molecule has 0 saturated heterocycles. The van der Waals surface area contributed by atoms with E-state index in [9.17, 15) is 9.59 Å². The molecule has 0 aliphatic rings. The minimum atomic E-state index is -0.397. The number of anilines is 1. The zero-order valence-corrected chi connectivity index (χ0v) is 18.1. The van der Waals surface area contributed by atoms with Gasteiger partial charge in [-0.3, -0.25) is 4.79 Å². The van der Waals surface area contributed by atoms with Gasteiger partial charge in [-0.05, 0) is 89.5 Å². The first-order valence-corrected chi connectivity index (χ1v) is 10.2. The summed E-state index contributed by atoms with van der Waals surface area (Å²) in [5, 5.41) is 3.82. The number of fused-ring (bicyclic) bond motifs is 1. The predicted octanol–water partition coefficient (Wildman–Crippen LogP) is 5.93. The van der Waals surface area contributed by atoms with Crippen molar-refractivity contribution >= 4 is 45.2 Å². The van der Waals surface area contributed by atoms with E-state index in [-0.39, 0.29) is 5.91 Å². The molecule has 1 heterocycles. The summed E-state index contributed by atoms with van der Waals surface area (Å²) in [6, 6.07) is 20.2. The number of carbonyl (C=O) groups is 1. The Bertz CT molecular complexity index is 1290. The van der Waals surface area contributed by atoms with Crippen LogP contribution in [0.5, 0.6) is 0 Å². The second-order valence-electron chi connectivity index (χ2n) is 6.93. The van der Waals surface area contributed by atoms with Crippen LogP contribution in [-0.2, 0) is 0 Å². The van der Waals surface area contributed by atoms with Crippen LogP contribution in [0.25, 0.3) is 22.1 Å². The molecule has 0 fully saturated rings. The van der Waals surface area contributed by atoms with Crippen molar-refractivity contribution in [1.82, 2.24) is 0 Å². The fourth-order valence-electron chi connectivity index (χ4n) is 3.17. The Kier molecular flexibility index (Phi) is 5.24. The van der Waals surface area contributed by atoms with Crippen molar-refractivity contribution < 1.29 is 9.21 Å². The summed E-state index contributed by atoms with van der Waals surface area (Å²) in [5.74, 6) is -0.189. The fourth-order valence-corrected chi connectivity index (χ4v) is 3.80. The quantitative estimate of drug-likeness (QED) is 0.283. The van der Waals surface area contributed by atoms with Crippen LogP contribution in [0.3, 0.4) is 0 Å². The van der Waals surface area contributed by atoms with Gasteiger partial charge < -0.3 is 9.73 Å². The normalized spacial score (nSPS) is 10.9. The van der Waals surface area contributed by atoms with Crippen LogP contribution in [0.15, 0.2) is 75.9 Å². The van der Waals surface area contributed by atoms with Gasteiger partial charge in [0.1, 0.15) is 5.58 Å². The third kappa shape index (κ3) is 3.96. The zero-order chi connectivity index (χ0) is 20.5. The molecule has 0 saturated carbocycles. The maximum atomic E-state index is 12.7. The highest BCUT2D eigenvalue weighted by Gasteiger charge is 2.12. The Morgan fingerprint density at radius 1 is 0.931 bits per heavy atom. The van der Waals surface area contributed by atoms with Gasteiger partial charge in [-0.15, -0.1) is 0 Å². The number of nitrogens with one attached hydrogen (secondary N) is 1. The van der Waals surface area contributed by atoms with E-state index >= 15 is 0 Å². The highest BCUT2D eigenvalue weighted by molar-refractivity contribution is 14.1. The van der Waals surface area contributed by atoms with Crippen molar-refractivity contribution in [2.45, 2.75) is 13.8 Å². The number of hydrogen-bond acceptors (Lipinski definition) is 3. The molecule has 0 spiro atoms. The van der Waals surface area contributed by atoms with Crippen LogP contribution in [0.1, 0.15) is 21.5 Å². The van der Waals surface area contributed by atoms with E-state index in [0.29, 0.717) is 22.3 Å². The van der Waals surface area contributed by atoms with Crippen LogP contribution in [0, 0.1) is 17.4 Å². The first kappa shape index (κ1) is 19.4. The molecule has 144 valence electrons. The number of carbonyl (C=O) groups excluding carboxylic acids is 1. The summed E-state index contributed by atoms with van der Waals surface area (Å²) in [4.78, 5) is 25.0. The number of para-hydroxylation sites is 1. The molecule has 1 N–H and O–H groups in total. The molecule has 0 radical (unpaired) electrons. The van der Waals surface area contributed by atoms with E-state index in [1.807, 2.05) is 50.2 Å². The standard InChI is InChI=1S/C24H18INO3/c1-14-12-21(15(2)11-20(14)25)26-23(27)17-9-7-16(8-10-17)19-13-18-5-3-4-6-22(18)29-24(19)28/h3-13H,1-2H3,(H,26,27). The summed E-state index contributed by atoms with van der Waals surface area (Å²) in [6.45, 7) is 3.99. The molecule has 4 aromatic rings. The zero-order valence-electron chi connectivity index (χ0n) is 16.0. The number of hydrogen-bond donors (Lipinski definition) is 1. The van der Waals surface area contributed by atoms with Crippen molar-refractivity contribution in [3.8, 4) is 11.1 Å². The smallest absolute Gasteiger partial charge is 0.344 e. The van der Waals surface area contributed by atoms with Crippen molar-refractivity contribution in [1.29, 1.82) is 0 Å². The largest absolute Gasteiger partial charge is 0.422 e. The van der Waals surface area contributed by atoms with Gasteiger partial charge in [0.05, 0.1) is 5.56 Å². The van der Waals surface area contributed by atoms with Crippen molar-refractivity contribution in [3.63, 3.8) is 0 Å². The lowest BCUT2D eigenvalue weighted by atomic mass is 10.0. The van der Waals surface area contributed by atoms with Gasteiger partial charge in [-0.2, -0.15) is 0 Å². The van der Waals surface area contributed by atoms with Gasteiger partial charge in [0.2, 0.25) is 0 Å². The third-order valence-corrected chi connectivity index (χ3v) is 6.02. The average molecular weight is 495 g/mol. The summed E-state index contributed by atoms with van der Waals surface area (Å²) in [6.07, 6.45) is 0. The van der Waals surface area contributed by atoms with E-state index in [1.54, 1.807) is 30.3 Å². The second kappa shape index (κ2) is 7.83. The Hall–Kier alpha value is -2.93. The Labute approximate surface area is 181 Å². The van der Waals surface area contributed by atoms with E-state index < -0.39 is 5.63 Å². The molecular weight excluding hydrogens is 477 g/mol. The molecule has 0 atom stereocenters. The van der Waals surface area contributed by atoms with Crippen molar-refractivity contribution in [2.75, 3.05) is 5.32 Å². The minimum Gasteiger partial charge on any atom is -0.422 e.